The van der Waals surface area contributed by atoms with Crippen molar-refractivity contribution >= 4 is 6.09 Å². The molecule has 1 aromatic rings. The van der Waals surface area contributed by atoms with Crippen LogP contribution in [-0.4, -0.2) is 31.9 Å². The molecule has 2 rings (SSSR count). The van der Waals surface area contributed by atoms with Crippen LogP contribution in [0.1, 0.15) is 12.5 Å². The molecule has 1 aromatic carbocycles. The summed E-state index contributed by atoms with van der Waals surface area (Å²) in [5.74, 6) is 0.0998. The molecule has 0 saturated carbocycles. The summed E-state index contributed by atoms with van der Waals surface area (Å²) < 4.78 is 23.8. The first kappa shape index (κ1) is 13.6. The van der Waals surface area contributed by atoms with Crippen LogP contribution in [0.4, 0.5) is 9.18 Å². The Kier molecular flexibility index (Phi) is 4.57. The second-order valence-electron chi connectivity index (χ2n) is 4.29. The van der Waals surface area contributed by atoms with Crippen LogP contribution in [-0.2, 0) is 11.3 Å². The van der Waals surface area contributed by atoms with Gasteiger partial charge in [-0.2, -0.15) is 0 Å². The quantitative estimate of drug-likeness (QED) is 0.819. The lowest BCUT2D eigenvalue weighted by Gasteiger charge is -2.11. The Balaban J connectivity index is 1.91. The lowest BCUT2D eigenvalue weighted by Crippen LogP contribution is -2.22. The van der Waals surface area contributed by atoms with Crippen LogP contribution in [0.5, 0.6) is 5.75 Å². The van der Waals surface area contributed by atoms with E-state index in [1.165, 1.54) is 12.1 Å². The highest BCUT2D eigenvalue weighted by Gasteiger charge is 2.22. The number of nitrogens with one attached hydrogen (secondary N) is 2. The van der Waals surface area contributed by atoms with Crippen LogP contribution in [0.2, 0.25) is 0 Å². The van der Waals surface area contributed by atoms with Gasteiger partial charge in [-0.05, 0) is 24.2 Å². The molecule has 0 aliphatic carbocycles. The van der Waals surface area contributed by atoms with Gasteiger partial charge in [-0.15, -0.1) is 0 Å². The zero-order valence-electron chi connectivity index (χ0n) is 10.7. The summed E-state index contributed by atoms with van der Waals surface area (Å²) in [6.07, 6.45) is -0.770. The van der Waals surface area contributed by atoms with Gasteiger partial charge in [0.05, 0.1) is 6.54 Å². The van der Waals surface area contributed by atoms with E-state index in [2.05, 4.69) is 10.6 Å². The highest BCUT2D eigenvalue weighted by Crippen LogP contribution is 2.17. The summed E-state index contributed by atoms with van der Waals surface area (Å²) in [5.41, 5.74) is 0.818. The summed E-state index contributed by atoms with van der Waals surface area (Å²) in [6, 6.07) is 4.56. The molecule has 19 heavy (non-hydrogen) atoms. The van der Waals surface area contributed by atoms with E-state index < -0.39 is 6.09 Å². The number of benzene rings is 1. The number of ether oxygens (including phenoxy) is 2. The van der Waals surface area contributed by atoms with Gasteiger partial charge in [-0.1, -0.05) is 6.92 Å². The van der Waals surface area contributed by atoms with Crippen molar-refractivity contribution in [1.29, 1.82) is 0 Å². The fourth-order valence-corrected chi connectivity index (χ4v) is 1.79. The molecule has 0 bridgehead atoms. The van der Waals surface area contributed by atoms with Gasteiger partial charge in [0.2, 0.25) is 0 Å². The molecule has 2 N–H and O–H groups in total. The summed E-state index contributed by atoms with van der Waals surface area (Å²) >= 11 is 0. The van der Waals surface area contributed by atoms with Gasteiger partial charge in [-0.25, -0.2) is 9.18 Å². The van der Waals surface area contributed by atoms with Crippen molar-refractivity contribution in [2.24, 2.45) is 0 Å². The lowest BCUT2D eigenvalue weighted by atomic mass is 10.2. The van der Waals surface area contributed by atoms with E-state index in [-0.39, 0.29) is 18.5 Å². The highest BCUT2D eigenvalue weighted by atomic mass is 19.1. The predicted octanol–water partition coefficient (Wildman–Crippen LogP) is 1.42. The molecular formula is C13H17FN2O3. The van der Waals surface area contributed by atoms with E-state index in [4.69, 9.17) is 9.47 Å². The second kappa shape index (κ2) is 6.38. The molecule has 1 amide bonds. The minimum absolute atomic E-state index is 0.211. The van der Waals surface area contributed by atoms with Crippen molar-refractivity contribution in [2.75, 3.05) is 19.7 Å². The first-order valence-corrected chi connectivity index (χ1v) is 6.25. The zero-order valence-corrected chi connectivity index (χ0v) is 10.7. The molecule has 1 saturated heterocycles. The third kappa shape index (κ3) is 4.10. The number of halogens is 1. The molecule has 1 heterocycles. The van der Waals surface area contributed by atoms with Gasteiger partial charge < -0.3 is 20.1 Å². The largest absolute Gasteiger partial charge is 0.490 e. The highest BCUT2D eigenvalue weighted by molar-refractivity contribution is 5.69. The summed E-state index contributed by atoms with van der Waals surface area (Å²) in [6.45, 7) is 4.01. The number of rotatable bonds is 6. The molecule has 1 atom stereocenters. The monoisotopic (exact) mass is 268 g/mol. The Morgan fingerprint density at radius 1 is 1.53 bits per heavy atom. The average Bonchev–Trinajstić information content (AvgIpc) is 2.79. The third-order valence-electron chi connectivity index (χ3n) is 2.69. The van der Waals surface area contributed by atoms with Crippen molar-refractivity contribution in [3.05, 3.63) is 29.6 Å². The number of hydrogen-bond donors (Lipinski definition) is 2. The fourth-order valence-electron chi connectivity index (χ4n) is 1.79. The molecule has 1 unspecified atom stereocenters. The van der Waals surface area contributed by atoms with E-state index in [9.17, 15) is 9.18 Å². The zero-order chi connectivity index (χ0) is 13.7. The van der Waals surface area contributed by atoms with Crippen molar-refractivity contribution < 1.29 is 18.7 Å². The van der Waals surface area contributed by atoms with Gasteiger partial charge >= 0.3 is 6.09 Å². The number of cyclic esters (lactones) is 1. The molecule has 1 aliphatic heterocycles. The number of amides is 1. The molecule has 0 spiro atoms. The minimum atomic E-state index is -0.444. The van der Waals surface area contributed by atoms with Crippen LogP contribution in [0, 0.1) is 5.82 Å². The Labute approximate surface area is 111 Å². The molecule has 104 valence electrons. The van der Waals surface area contributed by atoms with Gasteiger partial charge in [0, 0.05) is 12.6 Å². The Morgan fingerprint density at radius 2 is 2.37 bits per heavy atom. The number of alkyl carbamates (subject to hydrolysis) is 1. The van der Waals surface area contributed by atoms with Crippen molar-refractivity contribution in [3.63, 3.8) is 0 Å². The molecule has 1 fully saturated rings. The van der Waals surface area contributed by atoms with E-state index >= 15 is 0 Å². The lowest BCUT2D eigenvalue weighted by molar-refractivity contribution is 0.104. The molecule has 1 aliphatic rings. The van der Waals surface area contributed by atoms with Crippen molar-refractivity contribution in [2.45, 2.75) is 19.6 Å². The summed E-state index contributed by atoms with van der Waals surface area (Å²) in [5, 5.41) is 5.65. The Morgan fingerprint density at radius 3 is 3.05 bits per heavy atom. The summed E-state index contributed by atoms with van der Waals surface area (Å²) in [4.78, 5) is 10.8. The van der Waals surface area contributed by atoms with Gasteiger partial charge in [0.15, 0.2) is 6.10 Å². The first-order valence-electron chi connectivity index (χ1n) is 6.25. The Bertz CT molecular complexity index is 454. The van der Waals surface area contributed by atoms with E-state index in [0.29, 0.717) is 18.8 Å². The van der Waals surface area contributed by atoms with E-state index in [1.54, 1.807) is 6.07 Å². The number of hydrogen-bond acceptors (Lipinski definition) is 4. The first-order chi connectivity index (χ1) is 9.17. The van der Waals surface area contributed by atoms with Crippen LogP contribution < -0.4 is 15.4 Å². The molecule has 0 radical (unpaired) electrons. The molecule has 6 heteroatoms. The van der Waals surface area contributed by atoms with Crippen molar-refractivity contribution in [3.8, 4) is 5.75 Å². The standard InChI is InChI=1S/C13H17FN2O3/c1-2-15-6-9-3-10(14)5-11(4-9)18-8-12-7-16-13(17)19-12/h3-5,12,15H,2,6-8H2,1H3,(H,16,17). The Hall–Kier alpha value is -1.82. The van der Waals surface area contributed by atoms with Crippen LogP contribution in [0.3, 0.4) is 0 Å². The maximum absolute atomic E-state index is 13.4. The van der Waals surface area contributed by atoms with Crippen LogP contribution in [0.25, 0.3) is 0 Å². The smallest absolute Gasteiger partial charge is 0.407 e. The van der Waals surface area contributed by atoms with Gasteiger partial charge in [0.1, 0.15) is 18.2 Å². The molecule has 5 nitrogen and oxygen atoms in total. The maximum Gasteiger partial charge on any atom is 0.407 e. The topological polar surface area (TPSA) is 59.6 Å². The summed E-state index contributed by atoms with van der Waals surface area (Å²) in [7, 11) is 0. The fraction of sp³-hybridized carbons (Fsp3) is 0.462. The van der Waals surface area contributed by atoms with E-state index in [1.807, 2.05) is 6.92 Å². The molecule has 0 aromatic heterocycles. The van der Waals surface area contributed by atoms with E-state index in [0.717, 1.165) is 12.1 Å². The molecular weight excluding hydrogens is 251 g/mol. The van der Waals surface area contributed by atoms with Crippen LogP contribution >= 0.6 is 0 Å². The third-order valence-corrected chi connectivity index (χ3v) is 2.69. The van der Waals surface area contributed by atoms with Gasteiger partial charge in [-0.3, -0.25) is 0 Å². The van der Waals surface area contributed by atoms with Crippen LogP contribution in [0.15, 0.2) is 18.2 Å². The maximum atomic E-state index is 13.4. The van der Waals surface area contributed by atoms with Crippen molar-refractivity contribution in [1.82, 2.24) is 10.6 Å². The number of carbonyl (C=O) groups is 1. The number of carbonyl (C=O) groups excluding carboxylic acids is 1. The van der Waals surface area contributed by atoms with Gasteiger partial charge in [0.25, 0.3) is 0 Å². The average molecular weight is 268 g/mol. The minimum Gasteiger partial charge on any atom is -0.490 e. The SMILES string of the molecule is CCNCc1cc(F)cc(OCC2CNC(=O)O2)c1. The normalized spacial score (nSPS) is 18.0. The second-order valence-corrected chi connectivity index (χ2v) is 4.29. The predicted molar refractivity (Wildman–Crippen MR) is 67.5 cm³/mol.